The largest absolute Gasteiger partial charge is 0.0751 e. The van der Waals surface area contributed by atoms with Crippen LogP contribution in [-0.2, 0) is 18.3 Å². The molecule has 0 aromatic heterocycles. The summed E-state index contributed by atoms with van der Waals surface area (Å²) in [5, 5.41) is 2.55. The van der Waals surface area contributed by atoms with Crippen molar-refractivity contribution in [2.24, 2.45) is 0 Å². The first kappa shape index (κ1) is 35.2. The van der Waals surface area contributed by atoms with Gasteiger partial charge in [0.25, 0.3) is 0 Å². The molecule has 2 aliphatic rings. The highest BCUT2D eigenvalue weighted by molar-refractivity contribution is 5.98. The van der Waals surface area contributed by atoms with Crippen LogP contribution in [0.4, 0.5) is 0 Å². The van der Waals surface area contributed by atoms with Crippen LogP contribution in [0.25, 0.3) is 39.1 Å². The molecular weight excluding hydrogens is 709 g/mol. The molecule has 0 saturated carbocycles. The van der Waals surface area contributed by atoms with Crippen LogP contribution in [0.15, 0.2) is 224 Å². The van der Waals surface area contributed by atoms with Crippen molar-refractivity contribution >= 4 is 16.8 Å². The average Bonchev–Trinajstić information content (AvgIpc) is 3.88. The fourth-order valence-electron chi connectivity index (χ4n) is 10.6. The van der Waals surface area contributed by atoms with Crippen LogP contribution in [0.1, 0.15) is 67.5 Å². The summed E-state index contributed by atoms with van der Waals surface area (Å²) < 4.78 is 0. The first-order chi connectivity index (χ1) is 29.3. The normalized spacial score (nSPS) is 14.3. The highest BCUT2D eigenvalue weighted by Crippen LogP contribution is 2.64. The summed E-state index contributed by atoms with van der Waals surface area (Å²) in [4.78, 5) is 0. The maximum absolute atomic E-state index is 2.56. The Hall–Kier alpha value is -7.02. The van der Waals surface area contributed by atoms with Gasteiger partial charge in [-0.2, -0.15) is 0 Å². The van der Waals surface area contributed by atoms with Crippen molar-refractivity contribution in [1.82, 2.24) is 0 Å². The zero-order valence-electron chi connectivity index (χ0n) is 33.0. The topological polar surface area (TPSA) is 0 Å². The lowest BCUT2D eigenvalue weighted by Crippen LogP contribution is -2.40. The molecule has 0 heterocycles. The Labute approximate surface area is 347 Å². The molecule has 0 heteroatoms. The number of fused-ring (bicyclic) bond motifs is 5. The molecule has 0 nitrogen and oxygen atoms in total. The minimum atomic E-state index is -0.526. The zero-order valence-corrected chi connectivity index (χ0v) is 33.0. The van der Waals surface area contributed by atoms with Gasteiger partial charge in [0.2, 0.25) is 0 Å². The minimum Gasteiger partial charge on any atom is -0.0751 e. The summed E-state index contributed by atoms with van der Waals surface area (Å²) in [6.07, 6.45) is 6.72. The highest BCUT2D eigenvalue weighted by atomic mass is 14.5. The van der Waals surface area contributed by atoms with Gasteiger partial charge in [0.15, 0.2) is 0 Å². The summed E-state index contributed by atoms with van der Waals surface area (Å²) in [5.74, 6) is 0.0155. The molecule has 9 aromatic rings. The van der Waals surface area contributed by atoms with E-state index < -0.39 is 5.41 Å². The molecule has 0 radical (unpaired) electrons. The Morgan fingerprint density at radius 3 is 1.46 bits per heavy atom. The summed E-state index contributed by atoms with van der Waals surface area (Å²) in [7, 11) is 0. The van der Waals surface area contributed by atoms with Crippen LogP contribution < -0.4 is 0 Å². The van der Waals surface area contributed by atoms with Gasteiger partial charge in [0, 0.05) is 17.3 Å². The average molecular weight is 753 g/mol. The van der Waals surface area contributed by atoms with Crippen molar-refractivity contribution in [2.45, 2.75) is 30.1 Å². The molecule has 0 N–H and O–H groups in total. The van der Waals surface area contributed by atoms with Crippen LogP contribution in [0, 0.1) is 0 Å². The first-order valence-electron chi connectivity index (χ1n) is 21.0. The second-order valence-electron chi connectivity index (χ2n) is 16.4. The number of benzene rings is 9. The smallest absolute Gasteiger partial charge is 0.0415 e. The third-order valence-corrected chi connectivity index (χ3v) is 13.1. The van der Waals surface area contributed by atoms with Crippen LogP contribution in [0.2, 0.25) is 0 Å². The van der Waals surface area contributed by atoms with Gasteiger partial charge in [0.1, 0.15) is 0 Å². The van der Waals surface area contributed by atoms with Crippen LogP contribution >= 0.6 is 0 Å². The van der Waals surface area contributed by atoms with E-state index >= 15 is 0 Å². The van der Waals surface area contributed by atoms with Crippen molar-refractivity contribution in [3.8, 4) is 22.3 Å². The predicted molar refractivity (Wildman–Crippen MR) is 247 cm³/mol. The molecule has 0 saturated heterocycles. The second kappa shape index (κ2) is 14.7. The molecule has 0 bridgehead atoms. The number of allylic oxidation sites excluding steroid dienone is 1. The van der Waals surface area contributed by atoms with E-state index in [0.29, 0.717) is 0 Å². The number of hydrogen-bond acceptors (Lipinski definition) is 0. The van der Waals surface area contributed by atoms with E-state index in [1.54, 1.807) is 0 Å². The SMILES string of the molecule is C1=CC(C(c2ccccc2)(c2ccccc2)C2c3cc(Cc4ccccc4)ccc3-c3ccc(Cc4ccccc4)cc32)c2c1cccc2-c1cccc2ccccc12. The third-order valence-electron chi connectivity index (χ3n) is 13.1. The first-order valence-corrected chi connectivity index (χ1v) is 21.0. The quantitative estimate of drug-likeness (QED) is 0.138. The van der Waals surface area contributed by atoms with Crippen molar-refractivity contribution < 1.29 is 0 Å². The molecular formula is C59H44. The van der Waals surface area contributed by atoms with E-state index in [4.69, 9.17) is 0 Å². The van der Waals surface area contributed by atoms with Crippen molar-refractivity contribution in [3.63, 3.8) is 0 Å². The van der Waals surface area contributed by atoms with Crippen LogP contribution in [0.5, 0.6) is 0 Å². The van der Waals surface area contributed by atoms with Crippen molar-refractivity contribution in [2.75, 3.05) is 0 Å². The maximum Gasteiger partial charge on any atom is 0.0415 e. The second-order valence-corrected chi connectivity index (χ2v) is 16.4. The maximum atomic E-state index is 2.56. The van der Waals surface area contributed by atoms with E-state index in [1.165, 1.54) is 88.7 Å². The highest BCUT2D eigenvalue weighted by Gasteiger charge is 2.54. The summed E-state index contributed by atoms with van der Waals surface area (Å²) in [6, 6.07) is 82.1. The molecule has 0 spiro atoms. The van der Waals surface area contributed by atoms with Gasteiger partial charge in [-0.1, -0.05) is 231 Å². The molecule has 0 aliphatic heterocycles. The van der Waals surface area contributed by atoms with Gasteiger partial charge < -0.3 is 0 Å². The fraction of sp³-hybridized carbons (Fsp3) is 0.0847. The fourth-order valence-corrected chi connectivity index (χ4v) is 10.6. The van der Waals surface area contributed by atoms with Crippen LogP contribution in [0.3, 0.4) is 0 Å². The Morgan fingerprint density at radius 2 is 0.864 bits per heavy atom. The molecule has 2 aliphatic carbocycles. The lowest BCUT2D eigenvalue weighted by atomic mass is 9.55. The van der Waals surface area contributed by atoms with Crippen LogP contribution in [-0.4, -0.2) is 0 Å². The Bertz CT molecular complexity index is 2840. The summed E-state index contributed by atoms with van der Waals surface area (Å²) >= 11 is 0. The van der Waals surface area contributed by atoms with E-state index in [1.807, 2.05) is 0 Å². The zero-order chi connectivity index (χ0) is 39.2. The molecule has 0 amide bonds. The van der Waals surface area contributed by atoms with Crippen molar-refractivity contribution in [1.29, 1.82) is 0 Å². The Kier molecular flexibility index (Phi) is 8.78. The molecule has 11 rings (SSSR count). The summed E-state index contributed by atoms with van der Waals surface area (Å²) in [5.41, 5.74) is 18.2. The van der Waals surface area contributed by atoms with Gasteiger partial charge in [-0.15, -0.1) is 0 Å². The minimum absolute atomic E-state index is 0.00456. The Balaban J connectivity index is 1.22. The number of hydrogen-bond donors (Lipinski definition) is 0. The molecule has 59 heavy (non-hydrogen) atoms. The lowest BCUT2D eigenvalue weighted by molar-refractivity contribution is 0.417. The summed E-state index contributed by atoms with van der Waals surface area (Å²) in [6.45, 7) is 0. The number of rotatable bonds is 9. The van der Waals surface area contributed by atoms with E-state index in [0.717, 1.165) is 12.8 Å². The van der Waals surface area contributed by atoms with E-state index in [9.17, 15) is 0 Å². The van der Waals surface area contributed by atoms with Crippen molar-refractivity contribution in [3.05, 3.63) is 280 Å². The standard InChI is InChI=1S/C59H44/c1-5-17-41(18-6-1)37-43-31-34-51-52-35-32-44(38-42-19-7-2-8-20-42)40-55(52)58(54(51)39-43)59(47-24-9-3-10-25-47,48-26-11-4-12-27-48)56-36-33-46-23-16-30-53(57(46)56)50-29-15-22-45-21-13-14-28-49(45)50/h1-36,39-40,56,58H,37-38H2. The Morgan fingerprint density at radius 1 is 0.373 bits per heavy atom. The van der Waals surface area contributed by atoms with Gasteiger partial charge >= 0.3 is 0 Å². The predicted octanol–water partition coefficient (Wildman–Crippen LogP) is 14.6. The van der Waals surface area contributed by atoms with Gasteiger partial charge in [0.05, 0.1) is 0 Å². The molecule has 9 aromatic carbocycles. The van der Waals surface area contributed by atoms with Gasteiger partial charge in [-0.05, 0) is 102 Å². The molecule has 1 unspecified atom stereocenters. The van der Waals surface area contributed by atoms with E-state index in [-0.39, 0.29) is 11.8 Å². The molecule has 0 fully saturated rings. The lowest BCUT2D eigenvalue weighted by Gasteiger charge is -2.46. The molecule has 280 valence electrons. The molecule has 1 atom stereocenters. The monoisotopic (exact) mass is 752 g/mol. The van der Waals surface area contributed by atoms with Gasteiger partial charge in [-0.3, -0.25) is 0 Å². The van der Waals surface area contributed by atoms with Gasteiger partial charge in [-0.25, -0.2) is 0 Å². The third kappa shape index (κ3) is 5.98. The van der Waals surface area contributed by atoms with E-state index in [2.05, 4.69) is 231 Å².